The molecule has 3 nitrogen and oxygen atoms in total. The van der Waals surface area contributed by atoms with Crippen molar-refractivity contribution in [1.82, 2.24) is 9.80 Å². The topological polar surface area (TPSA) is 32.5 Å². The predicted octanol–water partition coefficient (Wildman–Crippen LogP) is 5.49. The number of piperidine rings is 1. The van der Waals surface area contributed by atoms with Crippen LogP contribution in [0.2, 0.25) is 0 Å². The van der Waals surface area contributed by atoms with Gasteiger partial charge in [0.2, 0.25) is 0 Å². The Balaban J connectivity index is -0.000000323. The first-order valence-corrected chi connectivity index (χ1v) is 10.5. The van der Waals surface area contributed by atoms with Crippen molar-refractivity contribution in [2.24, 2.45) is 17.1 Å². The zero-order valence-electron chi connectivity index (χ0n) is 19.9. The van der Waals surface area contributed by atoms with E-state index >= 15 is 0 Å². The van der Waals surface area contributed by atoms with E-state index in [1.54, 1.807) is 0 Å². The third-order valence-electron chi connectivity index (χ3n) is 4.64. The normalized spacial score (nSPS) is 15.8. The third kappa shape index (κ3) is 20.0. The molecule has 0 aromatic rings. The van der Waals surface area contributed by atoms with Gasteiger partial charge in [-0.2, -0.15) is 0 Å². The molecule has 1 aliphatic rings. The molecule has 3 heteroatoms. The highest BCUT2D eigenvalue weighted by atomic mass is 15.1. The van der Waals surface area contributed by atoms with Gasteiger partial charge in [-0.25, -0.2) is 0 Å². The summed E-state index contributed by atoms with van der Waals surface area (Å²) in [6, 6.07) is 1.44. The maximum absolute atomic E-state index is 4.50. The average molecular weight is 360 g/mol. The lowest BCUT2D eigenvalue weighted by molar-refractivity contribution is 0.156. The van der Waals surface area contributed by atoms with Crippen molar-refractivity contribution in [3.05, 3.63) is 0 Å². The monoisotopic (exact) mass is 359 g/mol. The highest BCUT2D eigenvalue weighted by Crippen LogP contribution is 2.19. The van der Waals surface area contributed by atoms with Crippen molar-refractivity contribution in [3.63, 3.8) is 0 Å². The Morgan fingerprint density at radius 1 is 1.00 bits per heavy atom. The first kappa shape index (κ1) is 29.6. The Morgan fingerprint density at radius 3 is 1.68 bits per heavy atom. The number of nitrogens with two attached hydrogens (primary N) is 1. The summed E-state index contributed by atoms with van der Waals surface area (Å²) in [5, 5.41) is 0. The van der Waals surface area contributed by atoms with Crippen LogP contribution in [0.15, 0.2) is 0 Å². The maximum atomic E-state index is 4.50. The molecule has 0 unspecified atom stereocenters. The Labute approximate surface area is 161 Å². The summed E-state index contributed by atoms with van der Waals surface area (Å²) < 4.78 is 0. The molecule has 1 saturated heterocycles. The number of hydrogen-bond acceptors (Lipinski definition) is 3. The summed E-state index contributed by atoms with van der Waals surface area (Å²) >= 11 is 0. The Kier molecular flexibility index (Phi) is 20.5. The Bertz CT molecular complexity index is 248. The lowest BCUT2D eigenvalue weighted by atomic mass is 9.92. The molecule has 1 aliphatic heterocycles. The number of nitrogens with zero attached hydrogens (tertiary/aromatic N) is 2. The van der Waals surface area contributed by atoms with E-state index in [0.717, 1.165) is 12.0 Å². The van der Waals surface area contributed by atoms with E-state index in [1.807, 2.05) is 13.8 Å². The fourth-order valence-corrected chi connectivity index (χ4v) is 2.31. The number of hydrogen-bond donors (Lipinski definition) is 1. The van der Waals surface area contributed by atoms with E-state index in [9.17, 15) is 0 Å². The third-order valence-corrected chi connectivity index (χ3v) is 4.64. The average Bonchev–Trinajstić information content (AvgIpc) is 2.56. The van der Waals surface area contributed by atoms with Crippen molar-refractivity contribution in [3.8, 4) is 0 Å². The fraction of sp³-hybridized carbons (Fsp3) is 1.00. The van der Waals surface area contributed by atoms with Gasteiger partial charge < -0.3 is 15.5 Å². The van der Waals surface area contributed by atoms with Gasteiger partial charge in [0, 0.05) is 12.1 Å². The van der Waals surface area contributed by atoms with Crippen LogP contribution in [-0.4, -0.2) is 55.6 Å². The van der Waals surface area contributed by atoms with Crippen molar-refractivity contribution >= 4 is 0 Å². The van der Waals surface area contributed by atoms with Gasteiger partial charge in [0.25, 0.3) is 0 Å². The molecule has 0 amide bonds. The van der Waals surface area contributed by atoms with E-state index in [2.05, 4.69) is 78.0 Å². The van der Waals surface area contributed by atoms with Crippen LogP contribution in [0.3, 0.4) is 0 Å². The molecule has 156 valence electrons. The lowest BCUT2D eigenvalue weighted by Crippen LogP contribution is -2.37. The van der Waals surface area contributed by atoms with Gasteiger partial charge >= 0.3 is 0 Å². The first-order valence-electron chi connectivity index (χ1n) is 10.5. The molecule has 1 heterocycles. The zero-order valence-corrected chi connectivity index (χ0v) is 19.9. The molecule has 25 heavy (non-hydrogen) atoms. The number of likely N-dealkylation sites (tertiary alicyclic amines) is 1. The second-order valence-electron chi connectivity index (χ2n) is 8.70. The van der Waals surface area contributed by atoms with Crippen molar-refractivity contribution in [1.29, 1.82) is 0 Å². The van der Waals surface area contributed by atoms with Crippen LogP contribution in [0, 0.1) is 11.3 Å². The molecule has 0 aromatic heterocycles. The van der Waals surface area contributed by atoms with E-state index in [0.29, 0.717) is 11.5 Å². The lowest BCUT2D eigenvalue weighted by Gasteiger charge is -2.33. The van der Waals surface area contributed by atoms with Gasteiger partial charge in [-0.1, -0.05) is 41.5 Å². The van der Waals surface area contributed by atoms with Crippen molar-refractivity contribution < 1.29 is 0 Å². The molecule has 0 atom stereocenters. The highest BCUT2D eigenvalue weighted by molar-refractivity contribution is 4.71. The van der Waals surface area contributed by atoms with Crippen LogP contribution < -0.4 is 5.73 Å². The molecule has 2 N–H and O–H groups in total. The number of rotatable bonds is 4. The van der Waals surface area contributed by atoms with Crippen molar-refractivity contribution in [2.45, 2.75) is 101 Å². The van der Waals surface area contributed by atoms with Crippen LogP contribution in [0.4, 0.5) is 0 Å². The first-order chi connectivity index (χ1) is 11.5. The van der Waals surface area contributed by atoms with E-state index < -0.39 is 0 Å². The largest absolute Gasteiger partial charge is 0.333 e. The van der Waals surface area contributed by atoms with Crippen LogP contribution in [0.25, 0.3) is 0 Å². The smallest absolute Gasteiger partial charge is 0.00385 e. The highest BCUT2D eigenvalue weighted by Gasteiger charge is 2.16. The summed E-state index contributed by atoms with van der Waals surface area (Å²) in [6.45, 7) is 26.1. The van der Waals surface area contributed by atoms with Gasteiger partial charge in [0.1, 0.15) is 0 Å². The van der Waals surface area contributed by atoms with Crippen LogP contribution in [0.1, 0.15) is 88.5 Å². The molecule has 0 radical (unpaired) electrons. The van der Waals surface area contributed by atoms with Crippen LogP contribution in [-0.2, 0) is 0 Å². The molecule has 0 saturated carbocycles. The minimum Gasteiger partial charge on any atom is -0.333 e. The Hall–Kier alpha value is -0.120. The van der Waals surface area contributed by atoms with Gasteiger partial charge in [0.05, 0.1) is 0 Å². The molecular formula is C22H53N3. The zero-order chi connectivity index (χ0) is 20.6. The van der Waals surface area contributed by atoms with E-state index in [1.165, 1.54) is 45.9 Å². The van der Waals surface area contributed by atoms with E-state index in [4.69, 9.17) is 0 Å². The summed E-state index contributed by atoms with van der Waals surface area (Å²) in [6.07, 6.45) is 4.08. The Morgan fingerprint density at radius 2 is 1.40 bits per heavy atom. The van der Waals surface area contributed by atoms with Gasteiger partial charge in [-0.15, -0.1) is 0 Å². The minimum atomic E-state index is 0.475. The SMILES string of the molecule is CC.CC(C)N(C)CCC(C)(C)C.CC1CCN(C(C)C)CC1.CN. The van der Waals surface area contributed by atoms with Crippen LogP contribution >= 0.6 is 0 Å². The standard InChI is InChI=1S/C10H23N.C9H19N.C2H6.CH5N/c1-9(2)11(6)8-7-10(3,4)5;1-8(2)10-6-4-9(3)5-7-10;2*1-2/h9H,7-8H2,1-6H3;8-9H,4-7H2,1-3H3;1-2H3;2H2,1H3. The summed E-state index contributed by atoms with van der Waals surface area (Å²) in [7, 11) is 3.69. The molecule has 1 fully saturated rings. The summed E-state index contributed by atoms with van der Waals surface area (Å²) in [4.78, 5) is 4.96. The van der Waals surface area contributed by atoms with E-state index in [-0.39, 0.29) is 0 Å². The van der Waals surface area contributed by atoms with Gasteiger partial charge in [-0.3, -0.25) is 0 Å². The summed E-state index contributed by atoms with van der Waals surface area (Å²) in [5.74, 6) is 0.968. The molecule has 0 spiro atoms. The molecule has 0 aromatic carbocycles. The van der Waals surface area contributed by atoms with Gasteiger partial charge in [-0.05, 0) is 92.0 Å². The molecule has 0 bridgehead atoms. The predicted molar refractivity (Wildman–Crippen MR) is 118 cm³/mol. The fourth-order valence-electron chi connectivity index (χ4n) is 2.31. The molecule has 0 aliphatic carbocycles. The van der Waals surface area contributed by atoms with Crippen LogP contribution in [0.5, 0.6) is 0 Å². The molecular weight excluding hydrogens is 306 g/mol. The summed E-state index contributed by atoms with van der Waals surface area (Å²) in [5.41, 5.74) is 4.98. The second-order valence-corrected chi connectivity index (χ2v) is 8.70. The maximum Gasteiger partial charge on any atom is 0.00385 e. The van der Waals surface area contributed by atoms with Crippen molar-refractivity contribution in [2.75, 3.05) is 33.7 Å². The second kappa shape index (κ2) is 17.3. The quantitative estimate of drug-likeness (QED) is 0.720. The molecule has 1 rings (SSSR count). The van der Waals surface area contributed by atoms with Gasteiger partial charge in [0.15, 0.2) is 0 Å². The minimum absolute atomic E-state index is 0.475.